The van der Waals surface area contributed by atoms with E-state index in [9.17, 15) is 9.90 Å². The fourth-order valence-corrected chi connectivity index (χ4v) is 2.16. The van der Waals surface area contributed by atoms with Crippen molar-refractivity contribution in [2.24, 2.45) is 0 Å². The fraction of sp³-hybridized carbons (Fsp3) is 0.375. The average molecular weight is 287 g/mol. The van der Waals surface area contributed by atoms with Crippen LogP contribution in [0.4, 0.5) is 0 Å². The molecule has 1 N–H and O–H groups in total. The Morgan fingerprint density at radius 2 is 2.00 bits per heavy atom. The van der Waals surface area contributed by atoms with Crippen LogP contribution in [0.5, 0.6) is 0 Å². The molecule has 0 atom stereocenters. The van der Waals surface area contributed by atoms with Crippen molar-refractivity contribution < 1.29 is 9.90 Å². The van der Waals surface area contributed by atoms with Crippen molar-refractivity contribution in [1.82, 2.24) is 14.7 Å². The molecule has 0 aliphatic rings. The first kappa shape index (κ1) is 15.3. The Morgan fingerprint density at radius 3 is 2.48 bits per heavy atom. The van der Waals surface area contributed by atoms with Crippen LogP contribution in [0.3, 0.4) is 0 Å². The van der Waals surface area contributed by atoms with Crippen LogP contribution in [-0.2, 0) is 0 Å². The molecular formula is C16H21N3O2. The molecule has 0 unspecified atom stereocenters. The first-order chi connectivity index (χ1) is 9.90. The van der Waals surface area contributed by atoms with Gasteiger partial charge in [0.2, 0.25) is 0 Å². The predicted molar refractivity (Wildman–Crippen MR) is 81.4 cm³/mol. The van der Waals surface area contributed by atoms with E-state index in [0.717, 1.165) is 5.69 Å². The molecule has 0 bridgehead atoms. The highest BCUT2D eigenvalue weighted by Gasteiger charge is 2.22. The van der Waals surface area contributed by atoms with Crippen LogP contribution in [0.15, 0.2) is 42.7 Å². The third kappa shape index (κ3) is 3.92. The second-order valence-electron chi connectivity index (χ2n) is 5.63. The summed E-state index contributed by atoms with van der Waals surface area (Å²) in [4.78, 5) is 14.1. The largest absolute Gasteiger partial charge is 0.389 e. The SMILES string of the molecule is CCN(CC(C)(C)O)C(=O)c1ccc(-n2cccn2)cc1. The molecule has 5 heteroatoms. The number of carbonyl (C=O) groups is 1. The highest BCUT2D eigenvalue weighted by molar-refractivity contribution is 5.94. The van der Waals surface area contributed by atoms with Crippen molar-refractivity contribution in [3.8, 4) is 5.69 Å². The van der Waals surface area contributed by atoms with Crippen molar-refractivity contribution in [2.75, 3.05) is 13.1 Å². The van der Waals surface area contributed by atoms with Crippen LogP contribution >= 0.6 is 0 Å². The van der Waals surface area contributed by atoms with Gasteiger partial charge in [0.15, 0.2) is 0 Å². The summed E-state index contributed by atoms with van der Waals surface area (Å²) in [5.74, 6) is -0.0772. The Hall–Kier alpha value is -2.14. The van der Waals surface area contributed by atoms with Gasteiger partial charge in [-0.3, -0.25) is 4.79 Å². The summed E-state index contributed by atoms with van der Waals surface area (Å²) < 4.78 is 1.74. The molecule has 1 amide bonds. The van der Waals surface area contributed by atoms with Gasteiger partial charge in [-0.1, -0.05) is 0 Å². The maximum Gasteiger partial charge on any atom is 0.253 e. The smallest absolute Gasteiger partial charge is 0.253 e. The third-order valence-corrected chi connectivity index (χ3v) is 3.13. The number of benzene rings is 1. The minimum absolute atomic E-state index is 0.0772. The molecule has 2 rings (SSSR count). The summed E-state index contributed by atoms with van der Waals surface area (Å²) in [5, 5.41) is 14.0. The van der Waals surface area contributed by atoms with Crippen LogP contribution in [0.25, 0.3) is 5.69 Å². The number of likely N-dealkylation sites (N-methyl/N-ethyl adjacent to an activating group) is 1. The lowest BCUT2D eigenvalue weighted by Gasteiger charge is -2.28. The van der Waals surface area contributed by atoms with E-state index in [4.69, 9.17) is 0 Å². The van der Waals surface area contributed by atoms with Crippen LogP contribution in [0.1, 0.15) is 31.1 Å². The van der Waals surface area contributed by atoms with Crippen LogP contribution in [0, 0.1) is 0 Å². The van der Waals surface area contributed by atoms with Gasteiger partial charge >= 0.3 is 0 Å². The average Bonchev–Trinajstić information content (AvgIpc) is 2.97. The molecule has 112 valence electrons. The molecule has 0 fully saturated rings. The maximum absolute atomic E-state index is 12.4. The lowest BCUT2D eigenvalue weighted by molar-refractivity contribution is 0.0314. The highest BCUT2D eigenvalue weighted by atomic mass is 16.3. The van der Waals surface area contributed by atoms with Crippen LogP contribution in [0.2, 0.25) is 0 Å². The highest BCUT2D eigenvalue weighted by Crippen LogP contribution is 2.13. The second-order valence-corrected chi connectivity index (χ2v) is 5.63. The van der Waals surface area contributed by atoms with Gasteiger partial charge in [0.25, 0.3) is 5.91 Å². The van der Waals surface area contributed by atoms with Gasteiger partial charge in [-0.15, -0.1) is 0 Å². The third-order valence-electron chi connectivity index (χ3n) is 3.13. The first-order valence-corrected chi connectivity index (χ1v) is 7.02. The summed E-state index contributed by atoms with van der Waals surface area (Å²) >= 11 is 0. The topological polar surface area (TPSA) is 58.4 Å². The number of amides is 1. The molecule has 0 saturated carbocycles. The summed E-state index contributed by atoms with van der Waals surface area (Å²) in [6, 6.07) is 9.14. The first-order valence-electron chi connectivity index (χ1n) is 7.02. The Labute approximate surface area is 124 Å². The number of hydrogen-bond acceptors (Lipinski definition) is 3. The van der Waals surface area contributed by atoms with E-state index >= 15 is 0 Å². The molecule has 5 nitrogen and oxygen atoms in total. The number of nitrogens with zero attached hydrogens (tertiary/aromatic N) is 3. The second kappa shape index (κ2) is 6.10. The normalized spacial score (nSPS) is 11.4. The zero-order valence-electron chi connectivity index (χ0n) is 12.7. The van der Waals surface area contributed by atoms with Crippen molar-refractivity contribution >= 4 is 5.91 Å². The standard InChI is InChI=1S/C16H21N3O2/c1-4-18(12-16(2,3)21)15(20)13-6-8-14(9-7-13)19-11-5-10-17-19/h5-11,21H,4,12H2,1-3H3. The van der Waals surface area contributed by atoms with Crippen molar-refractivity contribution in [1.29, 1.82) is 0 Å². The van der Waals surface area contributed by atoms with E-state index in [1.54, 1.807) is 41.8 Å². The molecule has 1 heterocycles. The molecule has 0 saturated heterocycles. The molecule has 21 heavy (non-hydrogen) atoms. The van der Waals surface area contributed by atoms with Crippen LogP contribution in [-0.4, -0.2) is 44.4 Å². The minimum atomic E-state index is -0.902. The summed E-state index contributed by atoms with van der Waals surface area (Å²) in [6.45, 7) is 6.17. The molecular weight excluding hydrogens is 266 g/mol. The van der Waals surface area contributed by atoms with Gasteiger partial charge in [-0.05, 0) is 51.1 Å². The molecule has 2 aromatic rings. The molecule has 0 radical (unpaired) electrons. The lowest BCUT2D eigenvalue weighted by atomic mass is 10.1. The summed E-state index contributed by atoms with van der Waals surface area (Å²) in [5.41, 5.74) is 0.611. The van der Waals surface area contributed by atoms with Crippen LogP contribution < -0.4 is 0 Å². The minimum Gasteiger partial charge on any atom is -0.389 e. The van der Waals surface area contributed by atoms with E-state index in [-0.39, 0.29) is 5.91 Å². The number of hydrogen-bond donors (Lipinski definition) is 1. The predicted octanol–water partition coefficient (Wildman–Crippen LogP) is 2.11. The fourth-order valence-electron chi connectivity index (χ4n) is 2.16. The Morgan fingerprint density at radius 1 is 1.33 bits per heavy atom. The monoisotopic (exact) mass is 287 g/mol. The van der Waals surface area contributed by atoms with E-state index in [0.29, 0.717) is 18.7 Å². The van der Waals surface area contributed by atoms with Gasteiger partial charge in [0.05, 0.1) is 11.3 Å². The van der Waals surface area contributed by atoms with Crippen molar-refractivity contribution in [3.05, 3.63) is 48.3 Å². The van der Waals surface area contributed by atoms with E-state index < -0.39 is 5.60 Å². The zero-order chi connectivity index (χ0) is 15.5. The van der Waals surface area contributed by atoms with Crippen molar-refractivity contribution in [3.63, 3.8) is 0 Å². The molecule has 0 aliphatic carbocycles. The maximum atomic E-state index is 12.4. The molecule has 0 spiro atoms. The molecule has 1 aromatic carbocycles. The van der Waals surface area contributed by atoms with Crippen molar-refractivity contribution in [2.45, 2.75) is 26.4 Å². The quantitative estimate of drug-likeness (QED) is 0.916. The molecule has 0 aliphatic heterocycles. The Bertz CT molecular complexity index is 583. The van der Waals surface area contributed by atoms with Gasteiger partial charge in [0.1, 0.15) is 0 Å². The number of carbonyl (C=O) groups excluding carboxylic acids is 1. The van der Waals surface area contributed by atoms with E-state index in [1.807, 2.05) is 31.3 Å². The summed E-state index contributed by atoms with van der Waals surface area (Å²) in [6.07, 6.45) is 3.56. The Kier molecular flexibility index (Phi) is 4.43. The Balaban J connectivity index is 2.15. The van der Waals surface area contributed by atoms with E-state index in [2.05, 4.69) is 5.10 Å². The zero-order valence-corrected chi connectivity index (χ0v) is 12.7. The van der Waals surface area contributed by atoms with Gasteiger partial charge in [-0.25, -0.2) is 4.68 Å². The number of aromatic nitrogens is 2. The number of rotatable bonds is 5. The van der Waals surface area contributed by atoms with Gasteiger partial charge < -0.3 is 10.0 Å². The van der Waals surface area contributed by atoms with Gasteiger partial charge in [0, 0.05) is 31.0 Å². The van der Waals surface area contributed by atoms with E-state index in [1.165, 1.54) is 0 Å². The van der Waals surface area contributed by atoms with Gasteiger partial charge in [-0.2, -0.15) is 5.10 Å². The number of aliphatic hydroxyl groups is 1. The summed E-state index contributed by atoms with van der Waals surface area (Å²) in [7, 11) is 0. The molecule has 1 aromatic heterocycles. The lowest BCUT2D eigenvalue weighted by Crippen LogP contribution is -2.42.